The molecule has 4 heteroatoms. The second-order valence-electron chi connectivity index (χ2n) is 3.22. The van der Waals surface area contributed by atoms with Crippen molar-refractivity contribution < 1.29 is 14.7 Å². The molecule has 0 rings (SSSR count). The summed E-state index contributed by atoms with van der Waals surface area (Å²) >= 11 is 0. The van der Waals surface area contributed by atoms with Crippen molar-refractivity contribution in [1.29, 1.82) is 0 Å². The summed E-state index contributed by atoms with van der Waals surface area (Å²) in [7, 11) is 0. The highest BCUT2D eigenvalue weighted by molar-refractivity contribution is 5.96. The number of ketones is 1. The predicted molar refractivity (Wildman–Crippen MR) is 49.2 cm³/mol. The third kappa shape index (κ3) is 9.01. The van der Waals surface area contributed by atoms with Crippen LogP contribution >= 0.6 is 0 Å². The van der Waals surface area contributed by atoms with Gasteiger partial charge in [0.05, 0.1) is 12.5 Å². The highest BCUT2D eigenvalue weighted by Gasteiger charge is 2.03. The van der Waals surface area contributed by atoms with Gasteiger partial charge in [-0.1, -0.05) is 0 Å². The van der Waals surface area contributed by atoms with Crippen LogP contribution in [-0.4, -0.2) is 29.4 Å². The molecule has 0 aromatic rings. The smallest absolute Gasteiger partial charge is 0.227 e. The monoisotopic (exact) mass is 187 g/mol. The average Bonchev–Trinajstić information content (AvgIpc) is 1.96. The van der Waals surface area contributed by atoms with Crippen molar-refractivity contribution >= 4 is 11.7 Å². The number of hydrogen-bond donors (Lipinski definition) is 2. The lowest BCUT2D eigenvalue weighted by atomic mass is 10.2. The lowest BCUT2D eigenvalue weighted by Gasteiger charge is -2.05. The van der Waals surface area contributed by atoms with Gasteiger partial charge in [-0.25, -0.2) is 0 Å². The van der Waals surface area contributed by atoms with E-state index in [2.05, 4.69) is 5.32 Å². The van der Waals surface area contributed by atoms with E-state index in [9.17, 15) is 9.59 Å². The maximum Gasteiger partial charge on any atom is 0.227 e. The summed E-state index contributed by atoms with van der Waals surface area (Å²) in [6.07, 6.45) is 1.03. The average molecular weight is 187 g/mol. The normalized spacial score (nSPS) is 12.2. The number of nitrogens with one attached hydrogen (secondary N) is 1. The molecule has 1 amide bonds. The van der Waals surface area contributed by atoms with Crippen LogP contribution in [0.5, 0.6) is 0 Å². The fourth-order valence-electron chi connectivity index (χ4n) is 0.914. The van der Waals surface area contributed by atoms with E-state index in [1.54, 1.807) is 6.92 Å². The lowest BCUT2D eigenvalue weighted by molar-refractivity contribution is -0.127. The summed E-state index contributed by atoms with van der Waals surface area (Å²) in [5.74, 6) is -0.369. The molecule has 0 fully saturated rings. The summed E-state index contributed by atoms with van der Waals surface area (Å²) in [6, 6.07) is 0. The zero-order chi connectivity index (χ0) is 10.3. The molecule has 1 atom stereocenters. The summed E-state index contributed by atoms with van der Waals surface area (Å²) in [5, 5.41) is 11.5. The Labute approximate surface area is 78.3 Å². The van der Waals surface area contributed by atoms with Crippen molar-refractivity contribution in [3.8, 4) is 0 Å². The first kappa shape index (κ1) is 12.1. The molecule has 0 aromatic carbocycles. The van der Waals surface area contributed by atoms with Crippen LogP contribution in [0.2, 0.25) is 0 Å². The summed E-state index contributed by atoms with van der Waals surface area (Å²) in [6.45, 7) is 3.61. The summed E-state index contributed by atoms with van der Waals surface area (Å²) < 4.78 is 0. The highest BCUT2D eigenvalue weighted by Crippen LogP contribution is 1.93. The van der Waals surface area contributed by atoms with Crippen molar-refractivity contribution in [2.45, 2.75) is 39.2 Å². The lowest BCUT2D eigenvalue weighted by Crippen LogP contribution is -2.26. The third-order valence-electron chi connectivity index (χ3n) is 1.53. The molecule has 0 aliphatic rings. The van der Waals surface area contributed by atoms with E-state index in [1.165, 1.54) is 6.92 Å². The van der Waals surface area contributed by atoms with Crippen LogP contribution in [0.1, 0.15) is 33.1 Å². The van der Waals surface area contributed by atoms with E-state index in [0.29, 0.717) is 13.0 Å². The number of hydrogen-bond acceptors (Lipinski definition) is 3. The minimum absolute atomic E-state index is 0.0469. The van der Waals surface area contributed by atoms with Crippen molar-refractivity contribution in [1.82, 2.24) is 5.32 Å². The largest absolute Gasteiger partial charge is 0.393 e. The van der Waals surface area contributed by atoms with Gasteiger partial charge in [0.2, 0.25) is 5.91 Å². The maximum atomic E-state index is 10.9. The molecule has 0 aliphatic carbocycles. The second kappa shape index (κ2) is 6.60. The molecule has 0 aliphatic heterocycles. The predicted octanol–water partition coefficient (Wildman–Crippen LogP) is 0.243. The van der Waals surface area contributed by atoms with Gasteiger partial charge in [0, 0.05) is 6.54 Å². The Morgan fingerprint density at radius 2 is 2.08 bits per heavy atom. The Morgan fingerprint density at radius 3 is 2.54 bits per heavy atom. The van der Waals surface area contributed by atoms with Gasteiger partial charge in [0.15, 0.2) is 0 Å². The van der Waals surface area contributed by atoms with Crippen LogP contribution < -0.4 is 5.32 Å². The molecule has 13 heavy (non-hydrogen) atoms. The number of aliphatic hydroxyl groups is 1. The first-order chi connectivity index (χ1) is 6.02. The quantitative estimate of drug-likeness (QED) is 0.462. The van der Waals surface area contributed by atoms with Gasteiger partial charge < -0.3 is 10.4 Å². The topological polar surface area (TPSA) is 66.4 Å². The first-order valence-corrected chi connectivity index (χ1v) is 4.46. The van der Waals surface area contributed by atoms with Gasteiger partial charge >= 0.3 is 0 Å². The van der Waals surface area contributed by atoms with Gasteiger partial charge in [0.1, 0.15) is 5.78 Å². The molecule has 0 saturated heterocycles. The number of amides is 1. The zero-order valence-corrected chi connectivity index (χ0v) is 8.17. The standard InChI is InChI=1S/C9H17NO3/c1-7(11)4-3-5-10-9(13)6-8(2)12/h7,11H,3-6H2,1-2H3,(H,10,13). The van der Waals surface area contributed by atoms with Gasteiger partial charge in [-0.15, -0.1) is 0 Å². The van der Waals surface area contributed by atoms with Crippen LogP contribution in [0.3, 0.4) is 0 Å². The van der Waals surface area contributed by atoms with Crippen molar-refractivity contribution in [2.75, 3.05) is 6.54 Å². The van der Waals surface area contributed by atoms with E-state index in [0.717, 1.165) is 6.42 Å². The minimum atomic E-state index is -0.329. The highest BCUT2D eigenvalue weighted by atomic mass is 16.3. The molecular weight excluding hydrogens is 170 g/mol. The number of rotatable bonds is 6. The molecule has 0 heterocycles. The molecule has 0 saturated carbocycles. The van der Waals surface area contributed by atoms with Crippen LogP contribution in [0, 0.1) is 0 Å². The first-order valence-electron chi connectivity index (χ1n) is 4.46. The van der Waals surface area contributed by atoms with E-state index in [4.69, 9.17) is 5.11 Å². The fourth-order valence-corrected chi connectivity index (χ4v) is 0.914. The van der Waals surface area contributed by atoms with E-state index < -0.39 is 0 Å². The van der Waals surface area contributed by atoms with Crippen molar-refractivity contribution in [2.24, 2.45) is 0 Å². The molecule has 0 radical (unpaired) electrons. The van der Waals surface area contributed by atoms with E-state index in [1.807, 2.05) is 0 Å². The molecule has 0 aromatic heterocycles. The van der Waals surface area contributed by atoms with Crippen LogP contribution in [-0.2, 0) is 9.59 Å². The minimum Gasteiger partial charge on any atom is -0.393 e. The van der Waals surface area contributed by atoms with Gasteiger partial charge in [-0.2, -0.15) is 0 Å². The Kier molecular flexibility index (Phi) is 6.14. The van der Waals surface area contributed by atoms with E-state index >= 15 is 0 Å². The van der Waals surface area contributed by atoms with Crippen molar-refractivity contribution in [3.05, 3.63) is 0 Å². The molecule has 2 N–H and O–H groups in total. The number of aliphatic hydroxyl groups excluding tert-OH is 1. The Bertz CT molecular complexity index is 178. The number of carbonyl (C=O) groups excluding carboxylic acids is 2. The van der Waals surface area contributed by atoms with Crippen LogP contribution in [0.25, 0.3) is 0 Å². The molecule has 4 nitrogen and oxygen atoms in total. The van der Waals surface area contributed by atoms with Crippen molar-refractivity contribution in [3.63, 3.8) is 0 Å². The molecule has 0 spiro atoms. The molecule has 0 bridgehead atoms. The molecular formula is C9H17NO3. The maximum absolute atomic E-state index is 10.9. The second-order valence-corrected chi connectivity index (χ2v) is 3.22. The molecule has 1 unspecified atom stereocenters. The fraction of sp³-hybridized carbons (Fsp3) is 0.778. The number of carbonyl (C=O) groups is 2. The van der Waals surface area contributed by atoms with Crippen LogP contribution in [0.4, 0.5) is 0 Å². The number of Topliss-reactive ketones (excluding diaryl/α,β-unsaturated/α-hetero) is 1. The SMILES string of the molecule is CC(=O)CC(=O)NCCCC(C)O. The Morgan fingerprint density at radius 1 is 1.46 bits per heavy atom. The zero-order valence-electron chi connectivity index (χ0n) is 8.17. The van der Waals surface area contributed by atoms with Gasteiger partial charge in [-0.05, 0) is 26.7 Å². The van der Waals surface area contributed by atoms with Crippen LogP contribution in [0.15, 0.2) is 0 Å². The van der Waals surface area contributed by atoms with Gasteiger partial charge in [0.25, 0.3) is 0 Å². The Balaban J connectivity index is 3.32. The summed E-state index contributed by atoms with van der Waals surface area (Å²) in [4.78, 5) is 21.4. The van der Waals surface area contributed by atoms with Gasteiger partial charge in [-0.3, -0.25) is 9.59 Å². The molecule has 76 valence electrons. The third-order valence-corrected chi connectivity index (χ3v) is 1.53. The van der Waals surface area contributed by atoms with E-state index in [-0.39, 0.29) is 24.2 Å². The Hall–Kier alpha value is -0.900. The summed E-state index contributed by atoms with van der Waals surface area (Å²) in [5.41, 5.74) is 0.